The van der Waals surface area contributed by atoms with Crippen LogP contribution in [-0.4, -0.2) is 82.0 Å². The highest BCUT2D eigenvalue weighted by molar-refractivity contribution is 7.88. The van der Waals surface area contributed by atoms with Crippen molar-refractivity contribution in [3.05, 3.63) is 47.9 Å². The van der Waals surface area contributed by atoms with Gasteiger partial charge in [-0.1, -0.05) is 0 Å². The summed E-state index contributed by atoms with van der Waals surface area (Å²) in [5.74, 6) is -0.162. The lowest BCUT2D eigenvalue weighted by Gasteiger charge is -2.23. The number of nitrogens with one attached hydrogen (secondary N) is 2. The summed E-state index contributed by atoms with van der Waals surface area (Å²) in [6, 6.07) is 6.92. The zero-order valence-corrected chi connectivity index (χ0v) is 21.5. The fourth-order valence-corrected chi connectivity index (χ4v) is 4.93. The van der Waals surface area contributed by atoms with Crippen molar-refractivity contribution in [2.24, 2.45) is 0 Å². The van der Waals surface area contributed by atoms with E-state index in [1.165, 1.54) is 30.5 Å². The van der Waals surface area contributed by atoms with Gasteiger partial charge in [-0.3, -0.25) is 9.36 Å². The largest absolute Gasteiger partial charge is 0.387 e. The maximum absolute atomic E-state index is 14.2. The van der Waals surface area contributed by atoms with E-state index in [2.05, 4.69) is 20.6 Å². The van der Waals surface area contributed by atoms with Crippen molar-refractivity contribution < 1.29 is 22.7 Å². The molecule has 4 heterocycles. The highest BCUT2D eigenvalue weighted by atomic mass is 32.2. The Kier molecular flexibility index (Phi) is 7.18. The van der Waals surface area contributed by atoms with E-state index in [0.717, 1.165) is 11.6 Å². The second-order valence-corrected chi connectivity index (χ2v) is 11.6. The number of carbonyl (C=O) groups excluding carboxylic acids is 1. The lowest BCUT2D eigenvalue weighted by atomic mass is 10.0. The van der Waals surface area contributed by atoms with Gasteiger partial charge in [0, 0.05) is 49.2 Å². The van der Waals surface area contributed by atoms with Gasteiger partial charge in [-0.15, -0.1) is 0 Å². The van der Waals surface area contributed by atoms with Gasteiger partial charge in [0.15, 0.2) is 0 Å². The predicted octanol–water partition coefficient (Wildman–Crippen LogP) is 1.58. The Hall–Kier alpha value is -3.60. The number of aliphatic hydroxyl groups is 1. The molecule has 3 aromatic rings. The third kappa shape index (κ3) is 5.87. The monoisotopic (exact) mass is 529 g/mol. The molecule has 0 aromatic carbocycles. The topological polar surface area (TPSA) is 153 Å². The van der Waals surface area contributed by atoms with Crippen LogP contribution < -0.4 is 10.6 Å². The van der Waals surface area contributed by atoms with E-state index in [1.807, 2.05) is 6.07 Å². The number of halogens is 1. The Morgan fingerprint density at radius 2 is 2.11 bits per heavy atom. The normalized spacial score (nSPS) is 17.5. The first kappa shape index (κ1) is 26.5. The number of pyridine rings is 2. The molecule has 0 aliphatic carbocycles. The number of alkyl halides is 1. The lowest BCUT2D eigenvalue weighted by molar-refractivity contribution is -0.00177. The summed E-state index contributed by atoms with van der Waals surface area (Å²) in [6.45, 7) is 2.81. The maximum Gasteiger partial charge on any atom is 0.255 e. The Balaban J connectivity index is 1.66. The molecule has 0 spiro atoms. The number of aromatic nitrogens is 3. The fourth-order valence-electron chi connectivity index (χ4n) is 4.04. The molecule has 1 aliphatic rings. The first-order valence-corrected chi connectivity index (χ1v) is 13.5. The van der Waals surface area contributed by atoms with Gasteiger partial charge in [-0.25, -0.2) is 27.1 Å². The minimum Gasteiger partial charge on any atom is -0.387 e. The number of hydrogen-bond donors (Lipinski definition) is 3. The number of carbonyl (C=O) groups is 1. The zero-order valence-electron chi connectivity index (χ0n) is 20.6. The molecule has 0 unspecified atom stereocenters. The van der Waals surface area contributed by atoms with Crippen molar-refractivity contribution in [2.75, 3.05) is 31.2 Å². The molecule has 11 nitrogen and oxygen atoms in total. The molecule has 196 valence electrons. The van der Waals surface area contributed by atoms with Crippen molar-refractivity contribution in [3.63, 3.8) is 0 Å². The summed E-state index contributed by atoms with van der Waals surface area (Å²) in [6.07, 6.45) is 4.53. The number of anilines is 1. The van der Waals surface area contributed by atoms with Crippen LogP contribution in [0.4, 0.5) is 10.1 Å². The SMILES string of the molecule is CC(C)(O)[C@H](F)CNC(=O)c1cnc(-n2ccc3cc(C#N)cnc32)cc1N[C@@H]1CCN(S(C)(=O)=O)C1. The molecule has 2 atom stereocenters. The molecule has 1 saturated heterocycles. The third-order valence-electron chi connectivity index (χ3n) is 6.22. The van der Waals surface area contributed by atoms with Gasteiger partial charge in [0.05, 0.1) is 35.2 Å². The molecule has 1 fully saturated rings. The maximum atomic E-state index is 14.2. The van der Waals surface area contributed by atoms with Gasteiger partial charge in [-0.2, -0.15) is 5.26 Å². The Bertz CT molecular complexity index is 1480. The van der Waals surface area contributed by atoms with Crippen LogP contribution in [0.15, 0.2) is 36.8 Å². The number of nitrogens with zero attached hydrogens (tertiary/aromatic N) is 5. The second kappa shape index (κ2) is 10.0. The van der Waals surface area contributed by atoms with E-state index in [0.29, 0.717) is 35.7 Å². The van der Waals surface area contributed by atoms with E-state index in [9.17, 15) is 22.7 Å². The van der Waals surface area contributed by atoms with Crippen LogP contribution in [0.5, 0.6) is 0 Å². The minimum atomic E-state index is -3.36. The number of sulfonamides is 1. The summed E-state index contributed by atoms with van der Waals surface area (Å²) in [5.41, 5.74) is -0.119. The molecule has 0 bridgehead atoms. The molecule has 3 N–H and O–H groups in total. The molecule has 0 radical (unpaired) electrons. The summed E-state index contributed by atoms with van der Waals surface area (Å²) < 4.78 is 41.2. The van der Waals surface area contributed by atoms with Gasteiger partial charge in [-0.05, 0) is 32.4 Å². The molecular weight excluding hydrogens is 501 g/mol. The van der Waals surface area contributed by atoms with Crippen LogP contribution in [0.25, 0.3) is 16.9 Å². The molecule has 3 aromatic heterocycles. The van der Waals surface area contributed by atoms with E-state index in [1.54, 1.807) is 29.0 Å². The number of nitriles is 1. The first-order chi connectivity index (χ1) is 17.4. The smallest absolute Gasteiger partial charge is 0.255 e. The van der Waals surface area contributed by atoms with Crippen LogP contribution in [0.3, 0.4) is 0 Å². The van der Waals surface area contributed by atoms with Crippen LogP contribution in [-0.2, 0) is 10.0 Å². The standard InChI is InChI=1S/C24H28FN7O4S/c1-24(2,34)20(25)13-29-23(33)18-12-27-21(32-7-4-16-8-15(10-26)11-28-22(16)32)9-19(18)30-17-5-6-31(14-17)37(3,35)36/h4,7-9,11-12,17,20,34H,5-6,13-14H2,1-3H3,(H,27,30)(H,29,33)/t17-,20-/m1/s1. The van der Waals surface area contributed by atoms with Crippen LogP contribution >= 0.6 is 0 Å². The number of rotatable bonds is 8. The van der Waals surface area contributed by atoms with Crippen molar-refractivity contribution in [1.82, 2.24) is 24.2 Å². The van der Waals surface area contributed by atoms with Gasteiger partial charge in [0.25, 0.3) is 5.91 Å². The average Bonchev–Trinajstić information content (AvgIpc) is 3.48. The fraction of sp³-hybridized carbons (Fsp3) is 0.417. The lowest BCUT2D eigenvalue weighted by Crippen LogP contribution is -2.42. The summed E-state index contributed by atoms with van der Waals surface area (Å²) in [4.78, 5) is 21.7. The van der Waals surface area contributed by atoms with Crippen LogP contribution in [0, 0.1) is 11.3 Å². The van der Waals surface area contributed by atoms with Crippen LogP contribution in [0.2, 0.25) is 0 Å². The van der Waals surface area contributed by atoms with Crippen molar-refractivity contribution in [1.29, 1.82) is 5.26 Å². The summed E-state index contributed by atoms with van der Waals surface area (Å²) in [5, 5.41) is 25.4. The van der Waals surface area contributed by atoms with Gasteiger partial charge >= 0.3 is 0 Å². The molecule has 1 aliphatic heterocycles. The molecular formula is C24H28FN7O4S. The molecule has 4 rings (SSSR count). The molecule has 37 heavy (non-hydrogen) atoms. The van der Waals surface area contributed by atoms with E-state index in [-0.39, 0.29) is 18.2 Å². The van der Waals surface area contributed by atoms with Gasteiger partial charge in [0.1, 0.15) is 23.7 Å². The molecule has 0 saturated carbocycles. The molecule has 1 amide bonds. The Morgan fingerprint density at radius 1 is 1.35 bits per heavy atom. The average molecular weight is 530 g/mol. The second-order valence-electron chi connectivity index (χ2n) is 9.60. The highest BCUT2D eigenvalue weighted by Crippen LogP contribution is 2.25. The van der Waals surface area contributed by atoms with E-state index >= 15 is 0 Å². The Labute approximate surface area is 214 Å². The summed E-state index contributed by atoms with van der Waals surface area (Å²) >= 11 is 0. The Morgan fingerprint density at radius 3 is 2.76 bits per heavy atom. The first-order valence-electron chi connectivity index (χ1n) is 11.6. The van der Waals surface area contributed by atoms with E-state index in [4.69, 9.17) is 5.26 Å². The number of fused-ring (bicyclic) bond motifs is 1. The van der Waals surface area contributed by atoms with Gasteiger partial charge in [0.2, 0.25) is 10.0 Å². The van der Waals surface area contributed by atoms with Crippen molar-refractivity contribution in [2.45, 2.75) is 38.1 Å². The number of hydrogen-bond acceptors (Lipinski definition) is 8. The quantitative estimate of drug-likeness (QED) is 0.398. The number of amides is 1. The van der Waals surface area contributed by atoms with Crippen molar-refractivity contribution >= 4 is 32.7 Å². The predicted molar refractivity (Wildman–Crippen MR) is 136 cm³/mol. The highest BCUT2D eigenvalue weighted by Gasteiger charge is 2.30. The molecule has 13 heteroatoms. The third-order valence-corrected chi connectivity index (χ3v) is 7.49. The summed E-state index contributed by atoms with van der Waals surface area (Å²) in [7, 11) is -3.36. The minimum absolute atomic E-state index is 0.140. The van der Waals surface area contributed by atoms with E-state index < -0.39 is 34.2 Å². The zero-order chi connectivity index (χ0) is 27.0. The van der Waals surface area contributed by atoms with Crippen LogP contribution in [0.1, 0.15) is 36.2 Å². The van der Waals surface area contributed by atoms with Crippen molar-refractivity contribution in [3.8, 4) is 11.9 Å². The van der Waals surface area contributed by atoms with Gasteiger partial charge < -0.3 is 15.7 Å².